The molecule has 0 N–H and O–H groups in total. The van der Waals surface area contributed by atoms with E-state index in [1.165, 1.54) is 12.0 Å². The number of esters is 1. The fourth-order valence-electron chi connectivity index (χ4n) is 3.50. The van der Waals surface area contributed by atoms with Gasteiger partial charge in [0.25, 0.3) is 5.91 Å². The lowest BCUT2D eigenvalue weighted by molar-refractivity contribution is -0.151. The fourth-order valence-corrected chi connectivity index (χ4v) is 3.50. The number of benzene rings is 1. The van der Waals surface area contributed by atoms with Crippen LogP contribution in [0.1, 0.15) is 49.9 Å². The van der Waals surface area contributed by atoms with Crippen molar-refractivity contribution in [3.63, 3.8) is 0 Å². The first kappa shape index (κ1) is 24.5. The Bertz CT molecular complexity index is 766. The summed E-state index contributed by atoms with van der Waals surface area (Å²) >= 11 is 0. The number of likely N-dealkylation sites (N-methyl/N-ethyl adjacent to an activating group) is 1. The van der Waals surface area contributed by atoms with Crippen molar-refractivity contribution >= 4 is 17.8 Å². The minimum Gasteiger partial charge on any atom is -0.493 e. The van der Waals surface area contributed by atoms with Crippen molar-refractivity contribution in [2.75, 3.05) is 47.0 Å². The second-order valence-electron chi connectivity index (χ2n) is 7.66. The van der Waals surface area contributed by atoms with E-state index in [0.29, 0.717) is 49.8 Å². The highest BCUT2D eigenvalue weighted by atomic mass is 16.5. The van der Waals surface area contributed by atoms with Crippen LogP contribution in [0.3, 0.4) is 0 Å². The number of hydrogen-bond acceptors (Lipinski definition) is 6. The number of carbonyl (C=O) groups is 3. The molecule has 1 unspecified atom stereocenters. The van der Waals surface area contributed by atoms with Gasteiger partial charge in [0.1, 0.15) is 0 Å². The van der Waals surface area contributed by atoms with E-state index in [1.54, 1.807) is 37.1 Å². The molecule has 0 spiro atoms. The average molecular weight is 435 g/mol. The van der Waals surface area contributed by atoms with Gasteiger partial charge in [0.05, 0.1) is 32.8 Å². The second kappa shape index (κ2) is 12.2. The molecule has 0 radical (unpaired) electrons. The first-order valence-electron chi connectivity index (χ1n) is 10.9. The molecule has 0 saturated carbocycles. The van der Waals surface area contributed by atoms with Crippen LogP contribution in [-0.2, 0) is 14.3 Å². The number of rotatable bonds is 10. The van der Waals surface area contributed by atoms with Crippen LogP contribution in [0, 0.1) is 5.92 Å². The van der Waals surface area contributed by atoms with E-state index in [-0.39, 0.29) is 30.2 Å². The summed E-state index contributed by atoms with van der Waals surface area (Å²) in [5.41, 5.74) is 0.415. The van der Waals surface area contributed by atoms with Gasteiger partial charge in [-0.2, -0.15) is 0 Å². The van der Waals surface area contributed by atoms with Crippen molar-refractivity contribution in [2.24, 2.45) is 5.92 Å². The summed E-state index contributed by atoms with van der Waals surface area (Å²) < 4.78 is 16.2. The topological polar surface area (TPSA) is 85.4 Å². The molecule has 1 aromatic carbocycles. The maximum Gasteiger partial charge on any atom is 0.310 e. The Morgan fingerprint density at radius 2 is 1.97 bits per heavy atom. The summed E-state index contributed by atoms with van der Waals surface area (Å²) in [6.45, 7) is 5.60. The molecule has 1 aromatic rings. The Labute approximate surface area is 184 Å². The number of likely N-dealkylation sites (tertiary alicyclic amines) is 1. The van der Waals surface area contributed by atoms with Gasteiger partial charge >= 0.3 is 5.97 Å². The Hall–Kier alpha value is -2.77. The van der Waals surface area contributed by atoms with Crippen molar-refractivity contribution in [3.05, 3.63) is 23.8 Å². The van der Waals surface area contributed by atoms with Gasteiger partial charge in [0.2, 0.25) is 5.91 Å². The van der Waals surface area contributed by atoms with Crippen molar-refractivity contribution in [3.8, 4) is 11.5 Å². The largest absolute Gasteiger partial charge is 0.493 e. The molecule has 8 heteroatoms. The quantitative estimate of drug-likeness (QED) is 0.416. The molecule has 8 nitrogen and oxygen atoms in total. The summed E-state index contributed by atoms with van der Waals surface area (Å²) in [7, 11) is 3.12. The summed E-state index contributed by atoms with van der Waals surface area (Å²) in [5.74, 6) is 0.0301. The molecular formula is C23H34N2O6. The van der Waals surface area contributed by atoms with E-state index in [9.17, 15) is 14.4 Å². The molecule has 1 fully saturated rings. The minimum atomic E-state index is -0.303. The standard InChI is InChI=1S/C23H34N2O6/c1-5-7-13-31-19-11-10-17(14-20(19)29-4)22(27)24(3)16-21(26)25-12-8-9-18(15-25)23(28)30-6-2/h10-11,14,18H,5-9,12-13,15-16H2,1-4H3. The van der Waals surface area contributed by atoms with E-state index in [2.05, 4.69) is 6.92 Å². The third-order valence-electron chi connectivity index (χ3n) is 5.28. The molecule has 0 bridgehead atoms. The molecule has 1 aliphatic heterocycles. The van der Waals surface area contributed by atoms with E-state index in [4.69, 9.17) is 14.2 Å². The number of nitrogens with zero attached hydrogens (tertiary/aromatic N) is 2. The minimum absolute atomic E-state index is 0.0640. The van der Waals surface area contributed by atoms with Crippen LogP contribution < -0.4 is 9.47 Å². The Kier molecular flexibility index (Phi) is 9.62. The number of methoxy groups -OCH3 is 1. The third-order valence-corrected chi connectivity index (χ3v) is 5.28. The van der Waals surface area contributed by atoms with Crippen LogP contribution in [0.2, 0.25) is 0 Å². The lowest BCUT2D eigenvalue weighted by atomic mass is 9.98. The normalized spacial score (nSPS) is 15.9. The molecule has 1 saturated heterocycles. The van der Waals surface area contributed by atoms with Crippen LogP contribution >= 0.6 is 0 Å². The van der Waals surface area contributed by atoms with Gasteiger partial charge < -0.3 is 24.0 Å². The number of carbonyl (C=O) groups excluding carboxylic acids is 3. The first-order valence-corrected chi connectivity index (χ1v) is 10.9. The summed E-state index contributed by atoms with van der Waals surface area (Å²) in [6, 6.07) is 5.01. The predicted octanol–water partition coefficient (Wildman–Crippen LogP) is 2.75. The molecule has 2 amide bonds. The maximum absolute atomic E-state index is 12.8. The van der Waals surface area contributed by atoms with Crippen LogP contribution in [0.4, 0.5) is 0 Å². The summed E-state index contributed by atoms with van der Waals surface area (Å²) in [5, 5.41) is 0. The number of piperidine rings is 1. The van der Waals surface area contributed by atoms with E-state index in [0.717, 1.165) is 19.3 Å². The fraction of sp³-hybridized carbons (Fsp3) is 0.609. The second-order valence-corrected chi connectivity index (χ2v) is 7.66. The molecule has 1 heterocycles. The Balaban J connectivity index is 1.98. The van der Waals surface area contributed by atoms with Gasteiger partial charge in [-0.15, -0.1) is 0 Å². The number of ether oxygens (including phenoxy) is 3. The van der Waals surface area contributed by atoms with E-state index < -0.39 is 0 Å². The van der Waals surface area contributed by atoms with E-state index in [1.807, 2.05) is 0 Å². The van der Waals surface area contributed by atoms with Gasteiger partial charge in [-0.3, -0.25) is 14.4 Å². The molecule has 0 aromatic heterocycles. The lowest BCUT2D eigenvalue weighted by Gasteiger charge is -2.32. The monoisotopic (exact) mass is 434 g/mol. The predicted molar refractivity (Wildman–Crippen MR) is 116 cm³/mol. The molecule has 31 heavy (non-hydrogen) atoms. The number of unbranched alkanes of at least 4 members (excludes halogenated alkanes) is 1. The van der Waals surface area contributed by atoms with Crippen LogP contribution in [0.15, 0.2) is 18.2 Å². The van der Waals surface area contributed by atoms with Crippen LogP contribution in [-0.4, -0.2) is 74.6 Å². The molecule has 0 aliphatic carbocycles. The van der Waals surface area contributed by atoms with Gasteiger partial charge in [-0.1, -0.05) is 13.3 Å². The van der Waals surface area contributed by atoms with Crippen molar-refractivity contribution in [2.45, 2.75) is 39.5 Å². The Morgan fingerprint density at radius 3 is 2.65 bits per heavy atom. The van der Waals surface area contributed by atoms with Gasteiger partial charge in [0.15, 0.2) is 11.5 Å². The Morgan fingerprint density at radius 1 is 1.19 bits per heavy atom. The summed E-state index contributed by atoms with van der Waals surface area (Å²) in [6.07, 6.45) is 3.41. The van der Waals surface area contributed by atoms with E-state index >= 15 is 0 Å². The van der Waals surface area contributed by atoms with Crippen LogP contribution in [0.25, 0.3) is 0 Å². The average Bonchev–Trinajstić information content (AvgIpc) is 2.79. The number of hydrogen-bond donors (Lipinski definition) is 0. The zero-order valence-electron chi connectivity index (χ0n) is 19.0. The zero-order valence-corrected chi connectivity index (χ0v) is 19.0. The SMILES string of the molecule is CCCCOc1ccc(C(=O)N(C)CC(=O)N2CCCC(C(=O)OCC)C2)cc1OC. The maximum atomic E-state index is 12.8. The van der Waals surface area contributed by atoms with Gasteiger partial charge in [0, 0.05) is 25.7 Å². The smallest absolute Gasteiger partial charge is 0.310 e. The lowest BCUT2D eigenvalue weighted by Crippen LogP contribution is -2.47. The highest BCUT2D eigenvalue weighted by molar-refractivity contribution is 5.97. The molecule has 2 rings (SSSR count). The first-order chi connectivity index (χ1) is 14.9. The van der Waals surface area contributed by atoms with Crippen LogP contribution in [0.5, 0.6) is 11.5 Å². The molecule has 1 atom stereocenters. The molecular weight excluding hydrogens is 400 g/mol. The highest BCUT2D eigenvalue weighted by Crippen LogP contribution is 2.29. The molecule has 1 aliphatic rings. The van der Waals surface area contributed by atoms with Gasteiger partial charge in [-0.25, -0.2) is 0 Å². The highest BCUT2D eigenvalue weighted by Gasteiger charge is 2.30. The van der Waals surface area contributed by atoms with Crippen molar-refractivity contribution in [1.82, 2.24) is 9.80 Å². The zero-order chi connectivity index (χ0) is 22.8. The number of amides is 2. The van der Waals surface area contributed by atoms with Crippen molar-refractivity contribution in [1.29, 1.82) is 0 Å². The van der Waals surface area contributed by atoms with Gasteiger partial charge in [-0.05, 0) is 44.4 Å². The summed E-state index contributed by atoms with van der Waals surface area (Å²) in [4.78, 5) is 40.6. The van der Waals surface area contributed by atoms with Crippen molar-refractivity contribution < 1.29 is 28.6 Å². The third kappa shape index (κ3) is 6.87. The molecule has 172 valence electrons.